The van der Waals surface area contributed by atoms with E-state index in [1.807, 2.05) is 48.5 Å². The molecule has 2 aliphatic rings. The summed E-state index contributed by atoms with van der Waals surface area (Å²) >= 11 is 3.41. The molecule has 0 atom stereocenters. The molecule has 0 radical (unpaired) electrons. The topological polar surface area (TPSA) is 83.0 Å². The molecule has 162 valence electrons. The van der Waals surface area contributed by atoms with Crippen molar-refractivity contribution in [3.8, 4) is 5.75 Å². The van der Waals surface area contributed by atoms with Crippen LogP contribution in [0.1, 0.15) is 24.0 Å². The quantitative estimate of drug-likeness (QED) is 0.659. The molecule has 7 nitrogen and oxygen atoms in total. The van der Waals surface area contributed by atoms with Crippen molar-refractivity contribution < 1.29 is 14.3 Å². The first-order valence-electron chi connectivity index (χ1n) is 10.3. The number of carbonyl (C=O) groups is 2. The van der Waals surface area contributed by atoms with Gasteiger partial charge in [0.15, 0.2) is 0 Å². The fourth-order valence-corrected chi connectivity index (χ4v) is 4.15. The molecule has 0 bridgehead atoms. The van der Waals surface area contributed by atoms with Crippen LogP contribution in [0.3, 0.4) is 0 Å². The van der Waals surface area contributed by atoms with Crippen molar-refractivity contribution in [3.05, 3.63) is 64.1 Å². The summed E-state index contributed by atoms with van der Waals surface area (Å²) in [7, 11) is 1.63. The smallest absolute Gasteiger partial charge is 0.272 e. The van der Waals surface area contributed by atoms with Gasteiger partial charge in [0.1, 0.15) is 17.1 Å². The number of aliphatic imine (C=N–C) groups is 1. The van der Waals surface area contributed by atoms with Gasteiger partial charge in [0, 0.05) is 42.5 Å². The fourth-order valence-electron chi connectivity index (χ4n) is 3.89. The van der Waals surface area contributed by atoms with Gasteiger partial charge in [0.05, 0.1) is 13.7 Å². The van der Waals surface area contributed by atoms with Gasteiger partial charge >= 0.3 is 0 Å². The number of hydrogen-bond acceptors (Lipinski definition) is 5. The summed E-state index contributed by atoms with van der Waals surface area (Å²) in [6.07, 6.45) is 1.37. The van der Waals surface area contributed by atoms with Crippen LogP contribution in [-0.2, 0) is 16.1 Å². The highest BCUT2D eigenvalue weighted by molar-refractivity contribution is 9.10. The molecule has 1 spiro atoms. The molecule has 1 fully saturated rings. The standard InChI is InChI=1S/C23H25BrN4O3/c1-31-19-8-2-16(3-9-19)14-25-20(29)15-28-12-10-23(11-13-28)26-21(22(30)27-23)17-4-6-18(24)7-5-17/h2-9H,10-15H2,1H3,(H,25,29)(H,27,30). The molecule has 31 heavy (non-hydrogen) atoms. The molecule has 0 saturated carbocycles. The maximum absolute atomic E-state index is 12.5. The van der Waals surface area contributed by atoms with Crippen molar-refractivity contribution in [2.45, 2.75) is 25.0 Å². The Morgan fingerprint density at radius 3 is 2.48 bits per heavy atom. The van der Waals surface area contributed by atoms with Gasteiger partial charge in [-0.2, -0.15) is 0 Å². The highest BCUT2D eigenvalue weighted by atomic mass is 79.9. The SMILES string of the molecule is COc1ccc(CNC(=O)CN2CCC3(CC2)N=C(c2ccc(Br)cc2)C(=O)N3)cc1. The third-order valence-corrected chi connectivity index (χ3v) is 6.23. The number of nitrogens with one attached hydrogen (secondary N) is 2. The van der Waals surface area contributed by atoms with Crippen LogP contribution in [0.2, 0.25) is 0 Å². The number of piperidine rings is 1. The van der Waals surface area contributed by atoms with E-state index < -0.39 is 5.66 Å². The second-order valence-corrected chi connectivity index (χ2v) is 8.77. The Morgan fingerprint density at radius 2 is 1.84 bits per heavy atom. The van der Waals surface area contributed by atoms with Gasteiger partial charge in [-0.25, -0.2) is 0 Å². The summed E-state index contributed by atoms with van der Waals surface area (Å²) in [6.45, 7) is 2.22. The summed E-state index contributed by atoms with van der Waals surface area (Å²) in [5, 5.41) is 6.03. The number of methoxy groups -OCH3 is 1. The van der Waals surface area contributed by atoms with Crippen LogP contribution in [0.25, 0.3) is 0 Å². The second kappa shape index (κ2) is 9.20. The van der Waals surface area contributed by atoms with Gasteiger partial charge in [-0.3, -0.25) is 19.5 Å². The first-order valence-corrected chi connectivity index (χ1v) is 11.1. The number of benzene rings is 2. The average Bonchev–Trinajstić information content (AvgIpc) is 3.10. The van der Waals surface area contributed by atoms with Crippen molar-refractivity contribution in [3.63, 3.8) is 0 Å². The Hall–Kier alpha value is -2.71. The Labute approximate surface area is 190 Å². The predicted molar refractivity (Wildman–Crippen MR) is 122 cm³/mol. The lowest BCUT2D eigenvalue weighted by Gasteiger charge is -2.36. The molecule has 8 heteroatoms. The molecule has 0 aliphatic carbocycles. The van der Waals surface area contributed by atoms with Crippen LogP contribution in [-0.4, -0.2) is 54.8 Å². The Balaban J connectivity index is 1.28. The predicted octanol–water partition coefficient (Wildman–Crippen LogP) is 2.49. The van der Waals surface area contributed by atoms with E-state index in [4.69, 9.17) is 9.73 Å². The van der Waals surface area contributed by atoms with E-state index in [0.29, 0.717) is 44.7 Å². The van der Waals surface area contributed by atoms with E-state index in [1.165, 1.54) is 0 Å². The van der Waals surface area contributed by atoms with Crippen molar-refractivity contribution in [2.75, 3.05) is 26.7 Å². The Bertz CT molecular complexity index is 981. The van der Waals surface area contributed by atoms with Gasteiger partial charge in [0.25, 0.3) is 5.91 Å². The fraction of sp³-hybridized carbons (Fsp3) is 0.348. The van der Waals surface area contributed by atoms with Gasteiger partial charge in [-0.05, 0) is 29.8 Å². The molecule has 0 aromatic heterocycles. The zero-order valence-electron chi connectivity index (χ0n) is 17.4. The lowest BCUT2D eigenvalue weighted by Crippen LogP contribution is -2.52. The first kappa shape index (κ1) is 21.5. The molecule has 2 amide bonds. The highest BCUT2D eigenvalue weighted by Crippen LogP contribution is 2.29. The number of halogens is 1. The van der Waals surface area contributed by atoms with E-state index in [0.717, 1.165) is 21.3 Å². The van der Waals surface area contributed by atoms with Gasteiger partial charge in [-0.15, -0.1) is 0 Å². The largest absolute Gasteiger partial charge is 0.497 e. The minimum Gasteiger partial charge on any atom is -0.497 e. The number of amides is 2. The zero-order valence-corrected chi connectivity index (χ0v) is 18.9. The molecule has 2 aliphatic heterocycles. The molecule has 2 N–H and O–H groups in total. The minimum atomic E-state index is -0.560. The third kappa shape index (κ3) is 5.14. The number of carbonyl (C=O) groups excluding carboxylic acids is 2. The van der Waals surface area contributed by atoms with Crippen molar-refractivity contribution in [1.82, 2.24) is 15.5 Å². The molecule has 2 heterocycles. The zero-order chi connectivity index (χ0) is 21.8. The van der Waals surface area contributed by atoms with Crippen molar-refractivity contribution >= 4 is 33.5 Å². The van der Waals surface area contributed by atoms with E-state index in [9.17, 15) is 9.59 Å². The number of nitrogens with zero attached hydrogens (tertiary/aromatic N) is 2. The normalized spacial score (nSPS) is 17.9. The number of hydrogen-bond donors (Lipinski definition) is 2. The summed E-state index contributed by atoms with van der Waals surface area (Å²) in [6, 6.07) is 15.2. The number of ether oxygens (including phenoxy) is 1. The van der Waals surface area contributed by atoms with E-state index in [2.05, 4.69) is 31.5 Å². The summed E-state index contributed by atoms with van der Waals surface area (Å²) in [5.74, 6) is 0.650. The van der Waals surface area contributed by atoms with Crippen molar-refractivity contribution in [1.29, 1.82) is 0 Å². The van der Waals surface area contributed by atoms with Crippen LogP contribution in [0.15, 0.2) is 58.0 Å². The van der Waals surface area contributed by atoms with Crippen LogP contribution in [0, 0.1) is 0 Å². The monoisotopic (exact) mass is 484 g/mol. The van der Waals surface area contributed by atoms with Gasteiger partial charge < -0.3 is 15.4 Å². The van der Waals surface area contributed by atoms with E-state index in [1.54, 1.807) is 7.11 Å². The maximum atomic E-state index is 12.5. The van der Waals surface area contributed by atoms with Crippen LogP contribution in [0.4, 0.5) is 0 Å². The summed E-state index contributed by atoms with van der Waals surface area (Å²) in [4.78, 5) is 31.7. The molecular weight excluding hydrogens is 460 g/mol. The van der Waals surface area contributed by atoms with Gasteiger partial charge in [0.2, 0.25) is 5.91 Å². The Kier molecular flexibility index (Phi) is 6.38. The molecule has 2 aromatic rings. The molecule has 4 rings (SSSR count). The lowest BCUT2D eigenvalue weighted by molar-refractivity contribution is -0.123. The highest BCUT2D eigenvalue weighted by Gasteiger charge is 2.42. The third-order valence-electron chi connectivity index (χ3n) is 5.70. The minimum absolute atomic E-state index is 0.0127. The lowest BCUT2D eigenvalue weighted by atomic mass is 9.98. The number of likely N-dealkylation sites (tertiary alicyclic amines) is 1. The Morgan fingerprint density at radius 1 is 1.16 bits per heavy atom. The summed E-state index contributed by atoms with van der Waals surface area (Å²) in [5.41, 5.74) is 1.77. The number of rotatable bonds is 6. The van der Waals surface area contributed by atoms with E-state index in [-0.39, 0.29) is 11.8 Å². The maximum Gasteiger partial charge on any atom is 0.272 e. The molecule has 1 saturated heterocycles. The van der Waals surface area contributed by atoms with Gasteiger partial charge in [-0.1, -0.05) is 40.2 Å². The van der Waals surface area contributed by atoms with Crippen LogP contribution >= 0.6 is 15.9 Å². The molecule has 0 unspecified atom stereocenters. The molecule has 2 aromatic carbocycles. The average molecular weight is 485 g/mol. The van der Waals surface area contributed by atoms with Crippen molar-refractivity contribution in [2.24, 2.45) is 4.99 Å². The summed E-state index contributed by atoms with van der Waals surface area (Å²) < 4.78 is 6.11. The first-order chi connectivity index (χ1) is 15.0. The van der Waals surface area contributed by atoms with Crippen LogP contribution in [0.5, 0.6) is 5.75 Å². The van der Waals surface area contributed by atoms with Crippen LogP contribution < -0.4 is 15.4 Å². The molecular formula is C23H25BrN4O3. The van der Waals surface area contributed by atoms with E-state index >= 15 is 0 Å². The second-order valence-electron chi connectivity index (χ2n) is 7.85.